The van der Waals surface area contributed by atoms with Crippen molar-refractivity contribution in [1.82, 2.24) is 4.90 Å². The standard InChI is InChI=1S/C33H23ClN2O4/c1-20-9-5-6-12-22(20)19-35-26-14-8-7-13-25(26)33(32(35)39)28-29(37)24-17-23(34)15-16-27(24)40-30(28)31(38)36(33)18-21-10-3-2-4-11-21/h2-17H,18-19H2,1H3. The highest BCUT2D eigenvalue weighted by Gasteiger charge is 2.65. The van der Waals surface area contributed by atoms with E-state index in [-0.39, 0.29) is 41.3 Å². The molecule has 7 rings (SSSR count). The van der Waals surface area contributed by atoms with E-state index in [1.165, 1.54) is 11.0 Å². The number of carbonyl (C=O) groups is 2. The molecular weight excluding hydrogens is 524 g/mol. The smallest absolute Gasteiger partial charge is 0.291 e. The molecule has 0 aliphatic carbocycles. The Morgan fingerprint density at radius 3 is 2.35 bits per heavy atom. The van der Waals surface area contributed by atoms with Crippen LogP contribution in [0.1, 0.15) is 38.4 Å². The summed E-state index contributed by atoms with van der Waals surface area (Å²) in [7, 11) is 0. The molecular formula is C33H23ClN2O4. The van der Waals surface area contributed by atoms with Crippen molar-refractivity contribution in [2.75, 3.05) is 4.90 Å². The van der Waals surface area contributed by atoms with Crippen molar-refractivity contribution in [3.63, 3.8) is 0 Å². The maximum atomic E-state index is 14.9. The predicted octanol–water partition coefficient (Wildman–Crippen LogP) is 6.20. The third-order valence-corrected chi connectivity index (χ3v) is 8.21. The first kappa shape index (κ1) is 24.4. The van der Waals surface area contributed by atoms with Crippen LogP contribution < -0.4 is 10.3 Å². The van der Waals surface area contributed by atoms with Crippen LogP contribution in [0.3, 0.4) is 0 Å². The van der Waals surface area contributed by atoms with Gasteiger partial charge in [0.1, 0.15) is 5.58 Å². The predicted molar refractivity (Wildman–Crippen MR) is 153 cm³/mol. The molecule has 0 N–H and O–H groups in total. The van der Waals surface area contributed by atoms with Gasteiger partial charge >= 0.3 is 0 Å². The van der Waals surface area contributed by atoms with Crippen LogP contribution in [0.25, 0.3) is 11.0 Å². The first-order chi connectivity index (χ1) is 19.4. The molecule has 40 heavy (non-hydrogen) atoms. The quantitative estimate of drug-likeness (QED) is 0.269. The van der Waals surface area contributed by atoms with Crippen molar-refractivity contribution in [3.05, 3.63) is 146 Å². The molecule has 1 aromatic heterocycles. The highest BCUT2D eigenvalue weighted by atomic mass is 35.5. The summed E-state index contributed by atoms with van der Waals surface area (Å²) in [5, 5.41) is 0.584. The number of benzene rings is 4. The summed E-state index contributed by atoms with van der Waals surface area (Å²) in [5.41, 5.74) is 2.21. The number of hydrogen-bond donors (Lipinski definition) is 0. The van der Waals surface area contributed by atoms with E-state index < -0.39 is 16.9 Å². The Morgan fingerprint density at radius 1 is 0.825 bits per heavy atom. The van der Waals surface area contributed by atoms with Gasteiger partial charge in [0.2, 0.25) is 5.76 Å². The summed E-state index contributed by atoms with van der Waals surface area (Å²) in [6.07, 6.45) is 0. The summed E-state index contributed by atoms with van der Waals surface area (Å²) in [5.74, 6) is -0.987. The third-order valence-electron chi connectivity index (χ3n) is 7.97. The van der Waals surface area contributed by atoms with Crippen molar-refractivity contribution >= 4 is 40.1 Å². The molecule has 5 aromatic rings. The van der Waals surface area contributed by atoms with Crippen LogP contribution >= 0.6 is 11.6 Å². The van der Waals surface area contributed by atoms with Crippen LogP contribution in [0.5, 0.6) is 0 Å². The number of carbonyl (C=O) groups excluding carboxylic acids is 2. The molecule has 2 aliphatic rings. The number of anilines is 1. The van der Waals surface area contributed by atoms with Gasteiger partial charge in [0.25, 0.3) is 11.8 Å². The summed E-state index contributed by atoms with van der Waals surface area (Å²) in [6.45, 7) is 2.40. The van der Waals surface area contributed by atoms with Gasteiger partial charge in [-0.15, -0.1) is 0 Å². The number of amides is 2. The number of halogens is 1. The Labute approximate surface area is 235 Å². The SMILES string of the molecule is Cc1ccccc1CN1C(=O)C2(c3ccccc31)c1c(oc3ccc(Cl)cc3c1=O)C(=O)N2Cc1ccccc1. The molecule has 196 valence electrons. The van der Waals surface area contributed by atoms with Crippen molar-refractivity contribution in [3.8, 4) is 0 Å². The third kappa shape index (κ3) is 3.32. The zero-order valence-corrected chi connectivity index (χ0v) is 22.3. The molecule has 1 spiro atoms. The molecule has 0 fully saturated rings. The van der Waals surface area contributed by atoms with E-state index in [1.807, 2.05) is 85.8 Å². The normalized spacial score (nSPS) is 17.6. The van der Waals surface area contributed by atoms with Gasteiger partial charge in [0.15, 0.2) is 11.0 Å². The average molecular weight is 547 g/mol. The molecule has 4 aromatic carbocycles. The molecule has 2 aliphatic heterocycles. The lowest BCUT2D eigenvalue weighted by Crippen LogP contribution is -2.52. The Balaban J connectivity index is 1.53. The van der Waals surface area contributed by atoms with E-state index in [2.05, 4.69) is 0 Å². The molecule has 1 atom stereocenters. The molecule has 6 nitrogen and oxygen atoms in total. The van der Waals surface area contributed by atoms with Gasteiger partial charge in [0.05, 0.1) is 23.2 Å². The lowest BCUT2D eigenvalue weighted by atomic mass is 9.83. The van der Waals surface area contributed by atoms with Gasteiger partial charge in [0, 0.05) is 17.1 Å². The maximum absolute atomic E-state index is 14.9. The summed E-state index contributed by atoms with van der Waals surface area (Å²) in [4.78, 5) is 46.5. The number of fused-ring (bicyclic) bond motifs is 5. The molecule has 7 heteroatoms. The number of rotatable bonds is 4. The molecule has 1 unspecified atom stereocenters. The molecule has 0 saturated heterocycles. The summed E-state index contributed by atoms with van der Waals surface area (Å²) < 4.78 is 6.12. The highest BCUT2D eigenvalue weighted by Crippen LogP contribution is 2.53. The first-order valence-corrected chi connectivity index (χ1v) is 13.4. The fourth-order valence-electron chi connectivity index (χ4n) is 6.06. The fraction of sp³-hybridized carbons (Fsp3) is 0.121. The minimum Gasteiger partial charge on any atom is -0.450 e. The summed E-state index contributed by atoms with van der Waals surface area (Å²) in [6, 6.07) is 29.4. The zero-order valence-electron chi connectivity index (χ0n) is 21.6. The van der Waals surface area contributed by atoms with Crippen molar-refractivity contribution in [2.24, 2.45) is 0 Å². The Morgan fingerprint density at radius 2 is 1.55 bits per heavy atom. The van der Waals surface area contributed by atoms with Gasteiger partial charge in [-0.3, -0.25) is 14.4 Å². The van der Waals surface area contributed by atoms with Crippen LogP contribution in [0.2, 0.25) is 5.02 Å². The van der Waals surface area contributed by atoms with E-state index in [1.54, 1.807) is 17.0 Å². The van der Waals surface area contributed by atoms with Crippen molar-refractivity contribution < 1.29 is 14.0 Å². The Hall–Kier alpha value is -4.68. The van der Waals surface area contributed by atoms with Gasteiger partial charge in [-0.25, -0.2) is 0 Å². The Kier molecular flexibility index (Phi) is 5.44. The monoisotopic (exact) mass is 546 g/mol. The minimum absolute atomic E-state index is 0.0351. The number of hydrogen-bond acceptors (Lipinski definition) is 4. The molecule has 0 bridgehead atoms. The number of para-hydroxylation sites is 1. The Bertz CT molecular complexity index is 1920. The average Bonchev–Trinajstić information content (AvgIpc) is 3.35. The lowest BCUT2D eigenvalue weighted by molar-refractivity contribution is -0.126. The van der Waals surface area contributed by atoms with E-state index in [0.29, 0.717) is 16.3 Å². The van der Waals surface area contributed by atoms with Gasteiger partial charge in [-0.1, -0.05) is 84.4 Å². The minimum atomic E-state index is -1.70. The van der Waals surface area contributed by atoms with E-state index in [0.717, 1.165) is 16.7 Å². The van der Waals surface area contributed by atoms with E-state index in [9.17, 15) is 14.4 Å². The van der Waals surface area contributed by atoms with Crippen LogP contribution in [-0.2, 0) is 23.4 Å². The van der Waals surface area contributed by atoms with Gasteiger partial charge < -0.3 is 14.2 Å². The van der Waals surface area contributed by atoms with E-state index in [4.69, 9.17) is 16.0 Å². The van der Waals surface area contributed by atoms with E-state index >= 15 is 0 Å². The van der Waals surface area contributed by atoms with Crippen LogP contribution in [-0.4, -0.2) is 16.7 Å². The molecule has 2 amide bonds. The molecule has 0 saturated carbocycles. The van der Waals surface area contributed by atoms with Gasteiger partial charge in [-0.05, 0) is 47.9 Å². The van der Waals surface area contributed by atoms with Crippen LogP contribution in [0.4, 0.5) is 5.69 Å². The topological polar surface area (TPSA) is 70.8 Å². The van der Waals surface area contributed by atoms with Crippen molar-refractivity contribution in [1.29, 1.82) is 0 Å². The highest BCUT2D eigenvalue weighted by molar-refractivity contribution is 6.31. The van der Waals surface area contributed by atoms with Crippen LogP contribution in [0.15, 0.2) is 106 Å². The molecule has 0 radical (unpaired) electrons. The second kappa shape index (κ2) is 8.93. The number of aryl methyl sites for hydroxylation is 1. The molecule has 3 heterocycles. The fourth-order valence-corrected chi connectivity index (χ4v) is 6.24. The first-order valence-electron chi connectivity index (χ1n) is 13.0. The lowest BCUT2D eigenvalue weighted by Gasteiger charge is -2.34. The second-order valence-corrected chi connectivity index (χ2v) is 10.6. The van der Waals surface area contributed by atoms with Crippen LogP contribution in [0, 0.1) is 6.92 Å². The van der Waals surface area contributed by atoms with Crippen molar-refractivity contribution in [2.45, 2.75) is 25.6 Å². The summed E-state index contributed by atoms with van der Waals surface area (Å²) >= 11 is 6.26. The maximum Gasteiger partial charge on any atom is 0.291 e. The van der Waals surface area contributed by atoms with Gasteiger partial charge in [-0.2, -0.15) is 0 Å². The second-order valence-electron chi connectivity index (χ2n) is 10.2. The number of nitrogens with zero attached hydrogens (tertiary/aromatic N) is 2. The zero-order chi connectivity index (χ0) is 27.6. The largest absolute Gasteiger partial charge is 0.450 e.